The molecule has 0 fully saturated rings. The number of benzene rings is 1. The predicted molar refractivity (Wildman–Crippen MR) is 89.8 cm³/mol. The molecule has 0 saturated heterocycles. The zero-order chi connectivity index (χ0) is 17.7. The van der Waals surface area contributed by atoms with Crippen molar-refractivity contribution in [2.45, 2.75) is 25.4 Å². The molecule has 1 heterocycles. The van der Waals surface area contributed by atoms with Gasteiger partial charge in [0, 0.05) is 19.2 Å². The van der Waals surface area contributed by atoms with E-state index in [9.17, 15) is 14.4 Å². The monoisotopic (exact) mass is 344 g/mol. The lowest BCUT2D eigenvalue weighted by molar-refractivity contribution is -0.127. The smallest absolute Gasteiger partial charge is 0.233 e. The van der Waals surface area contributed by atoms with Gasteiger partial charge in [-0.15, -0.1) is 0 Å². The molecule has 0 unspecified atom stereocenters. The number of rotatable bonds is 5. The Morgan fingerprint density at radius 1 is 1.33 bits per heavy atom. The third-order valence-electron chi connectivity index (χ3n) is 3.40. The molecule has 0 aliphatic heterocycles. The van der Waals surface area contributed by atoms with Gasteiger partial charge >= 0.3 is 0 Å². The van der Waals surface area contributed by atoms with E-state index in [-0.39, 0.29) is 24.0 Å². The molecule has 0 aliphatic carbocycles. The summed E-state index contributed by atoms with van der Waals surface area (Å²) in [4.78, 5) is 22.1. The Morgan fingerprint density at radius 2 is 2.04 bits per heavy atom. The summed E-state index contributed by atoms with van der Waals surface area (Å²) in [5.74, 6) is 0.177. The van der Waals surface area contributed by atoms with Crippen molar-refractivity contribution in [2.75, 3.05) is 12.8 Å². The van der Waals surface area contributed by atoms with E-state index in [1.807, 2.05) is 0 Å². The van der Waals surface area contributed by atoms with Gasteiger partial charge in [0.25, 0.3) is 0 Å². The molecule has 7 heteroatoms. The number of thioether (sulfide) groups is 1. The fraction of sp³-hybridized carbons (Fsp3) is 0.294. The zero-order valence-electron chi connectivity index (χ0n) is 13.7. The molecule has 0 N–H and O–H groups in total. The minimum atomic E-state index is -0.335. The van der Waals surface area contributed by atoms with Gasteiger partial charge in [0.05, 0.1) is 11.4 Å². The first-order valence-electron chi connectivity index (χ1n) is 7.28. The number of amides is 1. The van der Waals surface area contributed by atoms with Crippen LogP contribution in [0.5, 0.6) is 0 Å². The second-order valence-electron chi connectivity index (χ2n) is 5.28. The highest BCUT2D eigenvalue weighted by Crippen LogP contribution is 2.22. The van der Waals surface area contributed by atoms with E-state index in [1.165, 1.54) is 22.7 Å². The van der Waals surface area contributed by atoms with E-state index in [0.29, 0.717) is 27.7 Å². The minimum absolute atomic E-state index is 0.121. The topological polar surface area (TPSA) is 69.9 Å². The summed E-state index contributed by atoms with van der Waals surface area (Å²) in [6.07, 6.45) is 0. The molecule has 0 aliphatic rings. The average molecular weight is 344 g/mol. The second kappa shape index (κ2) is 7.88. The molecule has 0 spiro atoms. The Bertz CT molecular complexity index is 804. The lowest BCUT2D eigenvalue weighted by Gasteiger charge is -2.17. The van der Waals surface area contributed by atoms with Crippen molar-refractivity contribution in [3.63, 3.8) is 0 Å². The normalized spacial score (nSPS) is 10.3. The summed E-state index contributed by atoms with van der Waals surface area (Å²) in [6, 6.07) is 8.43. The number of aryl methyl sites for hydroxylation is 2. The lowest BCUT2D eigenvalue weighted by Crippen LogP contribution is -2.28. The van der Waals surface area contributed by atoms with Gasteiger partial charge < -0.3 is 4.90 Å². The fourth-order valence-corrected chi connectivity index (χ4v) is 3.14. The number of nitriles is 1. The van der Waals surface area contributed by atoms with Crippen LogP contribution >= 0.6 is 11.8 Å². The quantitative estimate of drug-likeness (QED) is 0.616. The lowest BCUT2D eigenvalue weighted by atomic mass is 10.2. The van der Waals surface area contributed by atoms with Crippen molar-refractivity contribution in [1.29, 1.82) is 5.26 Å². The Labute approximate surface area is 144 Å². The van der Waals surface area contributed by atoms with E-state index < -0.39 is 0 Å². The second-order valence-corrected chi connectivity index (χ2v) is 6.24. The molecule has 124 valence electrons. The van der Waals surface area contributed by atoms with Gasteiger partial charge in [0.15, 0.2) is 0 Å². The fourth-order valence-electron chi connectivity index (χ4n) is 2.12. The molecule has 1 aromatic carbocycles. The van der Waals surface area contributed by atoms with E-state index in [0.717, 1.165) is 0 Å². The predicted octanol–water partition coefficient (Wildman–Crippen LogP) is 2.85. The molecule has 0 atom stereocenters. The molecule has 0 radical (unpaired) electrons. The maximum atomic E-state index is 13.7. The number of carbonyl (C=O) groups is 1. The maximum absolute atomic E-state index is 13.7. The number of aromatic nitrogens is 2. The number of hydrogen-bond donors (Lipinski definition) is 0. The van der Waals surface area contributed by atoms with Gasteiger partial charge in [0.2, 0.25) is 5.91 Å². The van der Waals surface area contributed by atoms with E-state index in [2.05, 4.69) is 16.0 Å². The molecule has 24 heavy (non-hydrogen) atoms. The first-order chi connectivity index (χ1) is 11.4. The van der Waals surface area contributed by atoms with Crippen molar-refractivity contribution >= 4 is 17.7 Å². The third-order valence-corrected chi connectivity index (χ3v) is 4.36. The van der Waals surface area contributed by atoms with Crippen LogP contribution in [0.3, 0.4) is 0 Å². The van der Waals surface area contributed by atoms with Gasteiger partial charge in [-0.2, -0.15) is 5.26 Å². The molecule has 1 amide bonds. The standard InChI is InChI=1S/C17H17FN4OS/c1-11-14(8-19)17(21-12(2)20-11)24-10-16(23)22(3)9-13-6-4-5-7-15(13)18/h4-7H,9-10H2,1-3H3. The number of carbonyl (C=O) groups excluding carboxylic acids is 1. The summed E-state index contributed by atoms with van der Waals surface area (Å²) in [5.41, 5.74) is 1.44. The largest absolute Gasteiger partial charge is 0.341 e. The molecule has 2 rings (SSSR count). The SMILES string of the molecule is Cc1nc(C)c(C#N)c(SCC(=O)N(C)Cc2ccccc2F)n1. The van der Waals surface area contributed by atoms with Crippen molar-refractivity contribution < 1.29 is 9.18 Å². The highest BCUT2D eigenvalue weighted by Gasteiger charge is 2.15. The van der Waals surface area contributed by atoms with Crippen LogP contribution in [0.15, 0.2) is 29.3 Å². The molecular weight excluding hydrogens is 327 g/mol. The van der Waals surface area contributed by atoms with Crippen LogP contribution in [0.25, 0.3) is 0 Å². The number of halogens is 1. The van der Waals surface area contributed by atoms with Crippen LogP contribution < -0.4 is 0 Å². The van der Waals surface area contributed by atoms with Gasteiger partial charge in [0.1, 0.15) is 28.3 Å². The molecule has 0 bridgehead atoms. The number of nitrogens with zero attached hydrogens (tertiary/aromatic N) is 4. The van der Waals surface area contributed by atoms with E-state index in [1.54, 1.807) is 39.1 Å². The van der Waals surface area contributed by atoms with Gasteiger partial charge in [-0.3, -0.25) is 4.79 Å². The summed E-state index contributed by atoms with van der Waals surface area (Å²) in [7, 11) is 1.62. The van der Waals surface area contributed by atoms with Crippen molar-refractivity contribution in [1.82, 2.24) is 14.9 Å². The van der Waals surface area contributed by atoms with Crippen LogP contribution in [0.2, 0.25) is 0 Å². The first kappa shape index (κ1) is 17.9. The van der Waals surface area contributed by atoms with Gasteiger partial charge in [-0.1, -0.05) is 30.0 Å². The Morgan fingerprint density at radius 3 is 2.71 bits per heavy atom. The minimum Gasteiger partial charge on any atom is -0.341 e. The molecule has 2 aromatic rings. The van der Waals surface area contributed by atoms with Crippen LogP contribution in [0, 0.1) is 31.0 Å². The van der Waals surface area contributed by atoms with Gasteiger partial charge in [-0.05, 0) is 19.9 Å². The van der Waals surface area contributed by atoms with Crippen LogP contribution in [-0.4, -0.2) is 33.6 Å². The average Bonchev–Trinajstić information content (AvgIpc) is 2.54. The van der Waals surface area contributed by atoms with Crippen LogP contribution in [-0.2, 0) is 11.3 Å². The maximum Gasteiger partial charge on any atom is 0.233 e. The summed E-state index contributed by atoms with van der Waals surface area (Å²) in [6.45, 7) is 3.67. The van der Waals surface area contributed by atoms with Crippen LogP contribution in [0.1, 0.15) is 22.6 Å². The highest BCUT2D eigenvalue weighted by atomic mass is 32.2. The molecular formula is C17H17FN4OS. The summed E-state index contributed by atoms with van der Waals surface area (Å²) in [5, 5.41) is 9.71. The van der Waals surface area contributed by atoms with Crippen LogP contribution in [0.4, 0.5) is 4.39 Å². The summed E-state index contributed by atoms with van der Waals surface area (Å²) >= 11 is 1.19. The molecule has 0 saturated carbocycles. The molecule has 1 aromatic heterocycles. The highest BCUT2D eigenvalue weighted by molar-refractivity contribution is 8.00. The van der Waals surface area contributed by atoms with Crippen molar-refractivity contribution in [3.8, 4) is 6.07 Å². The Hall–Kier alpha value is -2.46. The van der Waals surface area contributed by atoms with E-state index >= 15 is 0 Å². The third kappa shape index (κ3) is 4.30. The Balaban J connectivity index is 2.03. The first-order valence-corrected chi connectivity index (χ1v) is 8.26. The van der Waals surface area contributed by atoms with Crippen molar-refractivity contribution in [2.24, 2.45) is 0 Å². The zero-order valence-corrected chi connectivity index (χ0v) is 14.5. The van der Waals surface area contributed by atoms with Crippen molar-refractivity contribution in [3.05, 3.63) is 52.7 Å². The molecule has 5 nitrogen and oxygen atoms in total. The summed E-state index contributed by atoms with van der Waals surface area (Å²) < 4.78 is 13.7. The van der Waals surface area contributed by atoms with Gasteiger partial charge in [-0.25, -0.2) is 14.4 Å². The number of hydrogen-bond acceptors (Lipinski definition) is 5. The van der Waals surface area contributed by atoms with E-state index in [4.69, 9.17) is 0 Å². The Kier molecular flexibility index (Phi) is 5.88.